The van der Waals surface area contributed by atoms with Crippen molar-refractivity contribution in [1.82, 2.24) is 15.0 Å². The van der Waals surface area contributed by atoms with Crippen molar-refractivity contribution in [2.24, 2.45) is 10.9 Å². The van der Waals surface area contributed by atoms with Gasteiger partial charge >= 0.3 is 6.18 Å². The Hall–Kier alpha value is -3.05. The van der Waals surface area contributed by atoms with E-state index in [1.807, 2.05) is 0 Å². The summed E-state index contributed by atoms with van der Waals surface area (Å²) in [4.78, 5) is 5.39. The van der Waals surface area contributed by atoms with Crippen LogP contribution >= 0.6 is 0 Å². The first-order valence-electron chi connectivity index (χ1n) is 11.3. The summed E-state index contributed by atoms with van der Waals surface area (Å²) in [5.74, 6) is -0.720. The van der Waals surface area contributed by atoms with Crippen molar-refractivity contribution in [3.05, 3.63) is 29.7 Å². The molecule has 1 aliphatic heterocycles. The Balaban J connectivity index is 1.73. The Kier molecular flexibility index (Phi) is 8.56. The number of likely N-dealkylation sites (tertiary alicyclic amines) is 1. The maximum absolute atomic E-state index is 13.9. The summed E-state index contributed by atoms with van der Waals surface area (Å²) in [5.41, 5.74) is 4.71. The van der Waals surface area contributed by atoms with Crippen LogP contribution in [0.2, 0.25) is 0 Å². The van der Waals surface area contributed by atoms with E-state index in [-0.39, 0.29) is 48.6 Å². The van der Waals surface area contributed by atoms with Crippen LogP contribution in [-0.4, -0.2) is 45.5 Å². The van der Waals surface area contributed by atoms with Gasteiger partial charge in [0.2, 0.25) is 17.7 Å². The molecule has 3 rings (SSSR count). The van der Waals surface area contributed by atoms with Crippen LogP contribution in [0.15, 0.2) is 27.9 Å². The molecule has 0 bridgehead atoms. The van der Waals surface area contributed by atoms with E-state index in [9.17, 15) is 17.6 Å². The molecule has 8 nitrogen and oxygen atoms in total. The normalized spacial score (nSPS) is 19.1. The minimum atomic E-state index is -4.64. The molecular formula is C22H29F4N5O3. The van der Waals surface area contributed by atoms with Crippen LogP contribution in [0, 0.1) is 0 Å². The summed E-state index contributed by atoms with van der Waals surface area (Å²) in [7, 11) is 0. The van der Waals surface area contributed by atoms with E-state index in [0.29, 0.717) is 6.42 Å². The predicted molar refractivity (Wildman–Crippen MR) is 116 cm³/mol. The number of ether oxygens (including phenoxy) is 1. The summed E-state index contributed by atoms with van der Waals surface area (Å²) in [5, 5.41) is 15.5. The van der Waals surface area contributed by atoms with Gasteiger partial charge in [-0.15, -0.1) is 0 Å². The SMILES string of the molecule is CCCCCCCCOc1ccc(-c2noc([C@@H]3C[C@H](F)CN3/C(N)=N/O)n2)cc1C(F)(F)F. The van der Waals surface area contributed by atoms with Crippen LogP contribution in [0.1, 0.15) is 69.4 Å². The maximum atomic E-state index is 13.9. The minimum Gasteiger partial charge on any atom is -0.493 e. The van der Waals surface area contributed by atoms with E-state index >= 15 is 0 Å². The molecule has 1 fully saturated rings. The Labute approximate surface area is 194 Å². The first kappa shape index (κ1) is 25.6. The molecular weight excluding hydrogens is 458 g/mol. The number of guanidine groups is 1. The molecule has 0 spiro atoms. The molecule has 0 unspecified atom stereocenters. The van der Waals surface area contributed by atoms with Gasteiger partial charge in [0.1, 0.15) is 18.0 Å². The Bertz CT molecular complexity index is 966. The third-order valence-corrected chi connectivity index (χ3v) is 5.67. The molecule has 1 aliphatic rings. The second kappa shape index (κ2) is 11.4. The third kappa shape index (κ3) is 6.29. The first-order valence-corrected chi connectivity index (χ1v) is 11.3. The number of hydrogen-bond acceptors (Lipinski definition) is 6. The van der Waals surface area contributed by atoms with E-state index < -0.39 is 24.0 Å². The van der Waals surface area contributed by atoms with Crippen LogP contribution in [-0.2, 0) is 6.18 Å². The highest BCUT2D eigenvalue weighted by atomic mass is 19.4. The monoisotopic (exact) mass is 487 g/mol. The summed E-state index contributed by atoms with van der Waals surface area (Å²) >= 11 is 0. The largest absolute Gasteiger partial charge is 0.493 e. The molecule has 188 valence electrons. The van der Waals surface area contributed by atoms with Gasteiger partial charge in [0, 0.05) is 12.0 Å². The van der Waals surface area contributed by atoms with Gasteiger partial charge in [0.25, 0.3) is 0 Å². The number of hydrogen-bond donors (Lipinski definition) is 2. The molecule has 2 heterocycles. The smallest absolute Gasteiger partial charge is 0.419 e. The van der Waals surface area contributed by atoms with E-state index in [0.717, 1.165) is 38.2 Å². The topological polar surface area (TPSA) is 110 Å². The average molecular weight is 487 g/mol. The third-order valence-electron chi connectivity index (χ3n) is 5.67. The number of nitrogens with two attached hydrogens (primary N) is 1. The lowest BCUT2D eigenvalue weighted by atomic mass is 10.1. The van der Waals surface area contributed by atoms with Crippen molar-refractivity contribution in [2.45, 2.75) is 70.3 Å². The number of aromatic nitrogens is 2. The van der Waals surface area contributed by atoms with Gasteiger partial charge in [-0.2, -0.15) is 18.2 Å². The van der Waals surface area contributed by atoms with Crippen molar-refractivity contribution in [3.8, 4) is 17.1 Å². The summed E-state index contributed by atoms with van der Waals surface area (Å²) < 4.78 is 65.6. The second-order valence-corrected chi connectivity index (χ2v) is 8.24. The van der Waals surface area contributed by atoms with Crippen molar-refractivity contribution >= 4 is 5.96 Å². The number of oxime groups is 1. The van der Waals surface area contributed by atoms with E-state index in [1.165, 1.54) is 17.0 Å². The fraction of sp³-hybridized carbons (Fsp3) is 0.591. The molecule has 2 atom stereocenters. The molecule has 1 aromatic heterocycles. The minimum absolute atomic E-state index is 0.0429. The number of benzene rings is 1. The van der Waals surface area contributed by atoms with Gasteiger partial charge in [-0.05, 0) is 24.6 Å². The van der Waals surface area contributed by atoms with Crippen molar-refractivity contribution in [2.75, 3.05) is 13.2 Å². The Morgan fingerprint density at radius 2 is 2.00 bits per heavy atom. The van der Waals surface area contributed by atoms with Gasteiger partial charge in [-0.3, -0.25) is 0 Å². The highest BCUT2D eigenvalue weighted by Gasteiger charge is 2.39. The fourth-order valence-electron chi connectivity index (χ4n) is 3.90. The molecule has 1 saturated heterocycles. The van der Waals surface area contributed by atoms with E-state index in [1.54, 1.807) is 0 Å². The van der Waals surface area contributed by atoms with E-state index in [2.05, 4.69) is 22.2 Å². The number of halogens is 4. The molecule has 2 aromatic rings. The molecule has 0 amide bonds. The Morgan fingerprint density at radius 1 is 1.26 bits per heavy atom. The lowest BCUT2D eigenvalue weighted by molar-refractivity contribution is -0.138. The summed E-state index contributed by atoms with van der Waals surface area (Å²) in [6, 6.07) is 2.75. The highest BCUT2D eigenvalue weighted by Crippen LogP contribution is 2.39. The van der Waals surface area contributed by atoms with Crippen molar-refractivity contribution in [1.29, 1.82) is 0 Å². The summed E-state index contributed by atoms with van der Waals surface area (Å²) in [6.45, 7) is 2.17. The lowest BCUT2D eigenvalue weighted by Crippen LogP contribution is -2.37. The molecule has 34 heavy (non-hydrogen) atoms. The lowest BCUT2D eigenvalue weighted by Gasteiger charge is -2.20. The zero-order chi connectivity index (χ0) is 24.7. The number of nitrogens with zero attached hydrogens (tertiary/aromatic N) is 4. The van der Waals surface area contributed by atoms with Gasteiger partial charge in [-0.1, -0.05) is 49.3 Å². The number of rotatable bonds is 10. The zero-order valence-corrected chi connectivity index (χ0v) is 18.9. The standard InChI is InChI=1S/C22H29F4N5O3/c1-2-3-4-5-6-7-10-33-18-9-8-14(11-16(18)22(24,25)26)19-28-20(34-30-19)17-12-15(23)13-31(17)21(27)29-32/h8-9,11,15,17,32H,2-7,10,12-13H2,1H3,(H2,27,29)/t15-,17-/m0/s1. The van der Waals surface area contributed by atoms with E-state index in [4.69, 9.17) is 20.2 Å². The average Bonchev–Trinajstić information content (AvgIpc) is 3.44. The molecule has 1 aromatic carbocycles. The number of alkyl halides is 4. The van der Waals surface area contributed by atoms with Crippen LogP contribution in [0.3, 0.4) is 0 Å². The molecule has 3 N–H and O–H groups in total. The van der Waals surface area contributed by atoms with Crippen LogP contribution in [0.4, 0.5) is 17.6 Å². The highest BCUT2D eigenvalue weighted by molar-refractivity contribution is 5.78. The van der Waals surface area contributed by atoms with Crippen molar-refractivity contribution < 1.29 is 32.0 Å². The quantitative estimate of drug-likeness (QED) is 0.117. The maximum Gasteiger partial charge on any atom is 0.419 e. The Morgan fingerprint density at radius 3 is 2.71 bits per heavy atom. The second-order valence-electron chi connectivity index (χ2n) is 8.24. The van der Waals surface area contributed by atoms with Gasteiger partial charge in [0.05, 0.1) is 18.7 Å². The molecule has 0 radical (unpaired) electrons. The number of unbranched alkanes of at least 4 members (excludes halogenated alkanes) is 5. The zero-order valence-electron chi connectivity index (χ0n) is 18.9. The van der Waals surface area contributed by atoms with Crippen LogP contribution < -0.4 is 10.5 Å². The van der Waals surface area contributed by atoms with Crippen molar-refractivity contribution in [3.63, 3.8) is 0 Å². The van der Waals surface area contributed by atoms with Crippen LogP contribution in [0.25, 0.3) is 11.4 Å². The van der Waals surface area contributed by atoms with Crippen LogP contribution in [0.5, 0.6) is 5.75 Å². The molecule has 0 aliphatic carbocycles. The fourth-order valence-corrected chi connectivity index (χ4v) is 3.90. The molecule has 12 heteroatoms. The first-order chi connectivity index (χ1) is 16.2. The van der Waals surface area contributed by atoms with Gasteiger partial charge in [0.15, 0.2) is 0 Å². The summed E-state index contributed by atoms with van der Waals surface area (Å²) in [6.07, 6.45) is 0.00859. The van der Waals surface area contributed by atoms with Gasteiger partial charge < -0.3 is 25.1 Å². The predicted octanol–water partition coefficient (Wildman–Crippen LogP) is 5.28. The van der Waals surface area contributed by atoms with Gasteiger partial charge in [-0.25, -0.2) is 4.39 Å². The molecule has 0 saturated carbocycles.